The van der Waals surface area contributed by atoms with Crippen molar-refractivity contribution in [2.45, 2.75) is 56.3 Å². The molecule has 4 atom stereocenters. The van der Waals surface area contributed by atoms with Crippen molar-refractivity contribution in [2.75, 3.05) is 32.2 Å². The van der Waals surface area contributed by atoms with Crippen LogP contribution < -0.4 is 15.4 Å². The first-order valence-corrected chi connectivity index (χ1v) is 10.7. The van der Waals surface area contributed by atoms with E-state index in [1.54, 1.807) is 7.11 Å². The average Bonchev–Trinajstić information content (AvgIpc) is 3.46. The lowest BCUT2D eigenvalue weighted by atomic mass is 9.84. The minimum Gasteiger partial charge on any atom is -0.487 e. The number of benzene rings is 1. The van der Waals surface area contributed by atoms with Crippen LogP contribution in [0.25, 0.3) is 0 Å². The van der Waals surface area contributed by atoms with Gasteiger partial charge in [0, 0.05) is 37.2 Å². The van der Waals surface area contributed by atoms with E-state index in [0.29, 0.717) is 31.9 Å². The number of anilines is 1. The number of fused-ring (bicyclic) bond motifs is 3. The Bertz CT molecular complexity index is 781. The summed E-state index contributed by atoms with van der Waals surface area (Å²) in [4.78, 5) is 24.4. The number of methoxy groups -OCH3 is 1. The Balaban J connectivity index is 1.43. The molecule has 8 nitrogen and oxygen atoms in total. The molecular formula is C22H30N2O6. The molecule has 0 spiro atoms. The van der Waals surface area contributed by atoms with Crippen molar-refractivity contribution in [3.8, 4) is 5.75 Å². The van der Waals surface area contributed by atoms with Gasteiger partial charge in [-0.05, 0) is 43.4 Å². The van der Waals surface area contributed by atoms with E-state index in [1.165, 1.54) is 0 Å². The molecule has 4 rings (SSSR count). The number of carbonyl (C=O) groups is 2. The van der Waals surface area contributed by atoms with Crippen molar-refractivity contribution in [3.63, 3.8) is 0 Å². The first-order chi connectivity index (χ1) is 14.6. The molecule has 1 aromatic rings. The summed E-state index contributed by atoms with van der Waals surface area (Å²) >= 11 is 0. The van der Waals surface area contributed by atoms with Gasteiger partial charge >= 0.3 is 0 Å². The summed E-state index contributed by atoms with van der Waals surface area (Å²) in [6.45, 7) is 0.729. The van der Waals surface area contributed by atoms with Crippen LogP contribution in [0.4, 0.5) is 5.69 Å². The Morgan fingerprint density at radius 2 is 2.07 bits per heavy atom. The topological polar surface area (TPSA) is 106 Å². The Hall–Kier alpha value is -2.16. The molecule has 0 bridgehead atoms. The fourth-order valence-electron chi connectivity index (χ4n) is 4.33. The standard InChI is InChI=1S/C22H30N2O6/c1-28-7-6-23-20(26)11-15-10-17-16-9-14(24-21(27)8-13-2-3-13)4-5-18(16)30-22(17)19(12-25)29-15/h4-5,9,13,15,17,19,22,25H,2-3,6-8,10-12H2,1H3,(H,23,26)(H,24,27)/t15-,17+,19-,22-/m0/s1. The van der Waals surface area contributed by atoms with Gasteiger partial charge in [0.15, 0.2) is 0 Å². The molecule has 3 aliphatic rings. The number of amides is 2. The van der Waals surface area contributed by atoms with Crippen LogP contribution in [-0.2, 0) is 19.1 Å². The van der Waals surface area contributed by atoms with Crippen LogP contribution in [0.5, 0.6) is 5.75 Å². The fourth-order valence-corrected chi connectivity index (χ4v) is 4.33. The monoisotopic (exact) mass is 418 g/mol. The molecule has 1 aliphatic carbocycles. The maximum atomic E-state index is 12.2. The van der Waals surface area contributed by atoms with Crippen molar-refractivity contribution in [3.05, 3.63) is 23.8 Å². The maximum Gasteiger partial charge on any atom is 0.224 e. The molecule has 0 aromatic heterocycles. The highest BCUT2D eigenvalue weighted by atomic mass is 16.6. The molecule has 0 unspecified atom stereocenters. The Morgan fingerprint density at radius 1 is 1.23 bits per heavy atom. The summed E-state index contributed by atoms with van der Waals surface area (Å²) in [7, 11) is 1.59. The van der Waals surface area contributed by atoms with Gasteiger partial charge in [-0.1, -0.05) is 0 Å². The molecule has 8 heteroatoms. The van der Waals surface area contributed by atoms with Crippen LogP contribution in [0.15, 0.2) is 18.2 Å². The number of aliphatic hydroxyl groups is 1. The SMILES string of the molecule is COCCNC(=O)C[C@@H]1C[C@@H]2c3cc(NC(=O)CC4CC4)ccc3O[C@@H]2[C@H](CO)O1. The summed E-state index contributed by atoms with van der Waals surface area (Å²) in [5.74, 6) is 1.22. The third-order valence-electron chi connectivity index (χ3n) is 6.00. The molecular weight excluding hydrogens is 388 g/mol. The van der Waals surface area contributed by atoms with Gasteiger partial charge in [-0.2, -0.15) is 0 Å². The van der Waals surface area contributed by atoms with Gasteiger partial charge < -0.3 is 30.0 Å². The van der Waals surface area contributed by atoms with Crippen LogP contribution in [0.1, 0.15) is 43.6 Å². The predicted octanol–water partition coefficient (Wildman–Crippen LogP) is 1.57. The fraction of sp³-hybridized carbons (Fsp3) is 0.636. The zero-order chi connectivity index (χ0) is 21.1. The lowest BCUT2D eigenvalue weighted by Gasteiger charge is -2.37. The van der Waals surface area contributed by atoms with Gasteiger partial charge in [-0.15, -0.1) is 0 Å². The normalized spacial score (nSPS) is 27.0. The van der Waals surface area contributed by atoms with Crippen molar-refractivity contribution >= 4 is 17.5 Å². The van der Waals surface area contributed by atoms with Crippen LogP contribution in [0.3, 0.4) is 0 Å². The summed E-state index contributed by atoms with van der Waals surface area (Å²) in [5.41, 5.74) is 1.75. The summed E-state index contributed by atoms with van der Waals surface area (Å²) < 4.78 is 17.0. The molecule has 1 saturated heterocycles. The second-order valence-corrected chi connectivity index (χ2v) is 8.40. The minimum absolute atomic E-state index is 0.00274. The molecule has 1 aromatic carbocycles. The number of carbonyl (C=O) groups excluding carboxylic acids is 2. The highest BCUT2D eigenvalue weighted by Gasteiger charge is 2.46. The van der Waals surface area contributed by atoms with Crippen LogP contribution >= 0.6 is 0 Å². The number of ether oxygens (including phenoxy) is 3. The van der Waals surface area contributed by atoms with Gasteiger partial charge in [-0.25, -0.2) is 0 Å². The largest absolute Gasteiger partial charge is 0.487 e. The zero-order valence-electron chi connectivity index (χ0n) is 17.3. The Kier molecular flexibility index (Phi) is 6.55. The number of hydrogen-bond donors (Lipinski definition) is 3. The van der Waals surface area contributed by atoms with E-state index in [0.717, 1.165) is 29.8 Å². The van der Waals surface area contributed by atoms with Gasteiger partial charge in [0.05, 0.1) is 25.7 Å². The first kappa shape index (κ1) is 21.1. The molecule has 2 amide bonds. The van der Waals surface area contributed by atoms with E-state index in [1.807, 2.05) is 18.2 Å². The zero-order valence-corrected chi connectivity index (χ0v) is 17.3. The molecule has 2 aliphatic heterocycles. The smallest absolute Gasteiger partial charge is 0.224 e. The molecule has 1 saturated carbocycles. The second-order valence-electron chi connectivity index (χ2n) is 8.40. The molecule has 0 radical (unpaired) electrons. The third kappa shape index (κ3) is 4.94. The van der Waals surface area contributed by atoms with E-state index in [2.05, 4.69) is 10.6 Å². The van der Waals surface area contributed by atoms with Gasteiger partial charge in [-0.3, -0.25) is 9.59 Å². The highest BCUT2D eigenvalue weighted by molar-refractivity contribution is 5.91. The van der Waals surface area contributed by atoms with Crippen molar-refractivity contribution in [1.82, 2.24) is 5.32 Å². The van der Waals surface area contributed by atoms with Crippen molar-refractivity contribution in [2.24, 2.45) is 5.92 Å². The van der Waals surface area contributed by atoms with E-state index in [4.69, 9.17) is 14.2 Å². The lowest BCUT2D eigenvalue weighted by molar-refractivity contribution is -0.142. The quantitative estimate of drug-likeness (QED) is 0.526. The number of nitrogens with one attached hydrogen (secondary N) is 2. The van der Waals surface area contributed by atoms with Gasteiger partial charge in [0.2, 0.25) is 11.8 Å². The van der Waals surface area contributed by atoms with E-state index < -0.39 is 6.10 Å². The number of aliphatic hydroxyl groups excluding tert-OH is 1. The predicted molar refractivity (Wildman–Crippen MR) is 109 cm³/mol. The molecule has 164 valence electrons. The van der Waals surface area contributed by atoms with Crippen LogP contribution in [-0.4, -0.2) is 62.1 Å². The lowest BCUT2D eigenvalue weighted by Crippen LogP contribution is -2.47. The minimum atomic E-state index is -0.499. The Morgan fingerprint density at radius 3 is 2.80 bits per heavy atom. The van der Waals surface area contributed by atoms with Crippen molar-refractivity contribution in [1.29, 1.82) is 0 Å². The number of hydrogen-bond acceptors (Lipinski definition) is 6. The maximum absolute atomic E-state index is 12.2. The highest BCUT2D eigenvalue weighted by Crippen LogP contribution is 2.47. The molecule has 2 fully saturated rings. The first-order valence-electron chi connectivity index (χ1n) is 10.7. The van der Waals surface area contributed by atoms with E-state index in [9.17, 15) is 14.7 Å². The van der Waals surface area contributed by atoms with E-state index in [-0.39, 0.29) is 43.0 Å². The van der Waals surface area contributed by atoms with Gasteiger partial charge in [0.25, 0.3) is 0 Å². The van der Waals surface area contributed by atoms with Gasteiger partial charge in [0.1, 0.15) is 18.0 Å². The molecule has 30 heavy (non-hydrogen) atoms. The summed E-state index contributed by atoms with van der Waals surface area (Å²) in [6, 6.07) is 5.66. The second kappa shape index (κ2) is 9.32. The molecule has 2 heterocycles. The van der Waals surface area contributed by atoms with E-state index >= 15 is 0 Å². The average molecular weight is 418 g/mol. The van der Waals surface area contributed by atoms with Crippen LogP contribution in [0.2, 0.25) is 0 Å². The third-order valence-corrected chi connectivity index (χ3v) is 6.00. The van der Waals surface area contributed by atoms with Crippen molar-refractivity contribution < 1.29 is 28.9 Å². The molecule has 3 N–H and O–H groups in total. The van der Waals surface area contributed by atoms with Crippen LogP contribution in [0, 0.1) is 5.92 Å². The summed E-state index contributed by atoms with van der Waals surface area (Å²) in [5, 5.41) is 15.6. The number of rotatable bonds is 9. The Labute approximate surface area is 176 Å². The summed E-state index contributed by atoms with van der Waals surface area (Å²) in [6.07, 6.45) is 2.57.